The number of aliphatic carboxylic acids is 1. The number of carboxylic acid groups (broad SMARTS) is 1. The number of amides is 2. The Morgan fingerprint density at radius 3 is 1.96 bits per heavy atom. The summed E-state index contributed by atoms with van der Waals surface area (Å²) in [5.41, 5.74) is -1.38. The van der Waals surface area contributed by atoms with E-state index in [4.69, 9.17) is 9.47 Å². The molecule has 1 N–H and O–H groups in total. The lowest BCUT2D eigenvalue weighted by atomic mass is 10.1. The largest absolute Gasteiger partial charge is 0.480 e. The molecule has 8 nitrogen and oxygen atoms in total. The molecule has 8 heteroatoms. The fourth-order valence-electron chi connectivity index (χ4n) is 2.33. The SMILES string of the molecule is CN(C(=O)OC(C)(C)C)C1CC(C(=O)O)N(C(=O)OC(C)(C)C)C1. The minimum absolute atomic E-state index is 0.0849. The first kappa shape index (κ1) is 20.1. The van der Waals surface area contributed by atoms with Crippen LogP contribution >= 0.6 is 0 Å². The van der Waals surface area contributed by atoms with Crippen LogP contribution in [0.3, 0.4) is 0 Å². The van der Waals surface area contributed by atoms with Crippen molar-refractivity contribution in [3.05, 3.63) is 0 Å². The summed E-state index contributed by atoms with van der Waals surface area (Å²) in [6, 6.07) is -1.48. The lowest BCUT2D eigenvalue weighted by molar-refractivity contribution is -0.142. The number of likely N-dealkylation sites (N-methyl/N-ethyl adjacent to an activating group) is 1. The average Bonchev–Trinajstić information content (AvgIpc) is 2.78. The Labute approximate surface area is 142 Å². The highest BCUT2D eigenvalue weighted by molar-refractivity contribution is 5.81. The molecule has 1 aliphatic heterocycles. The van der Waals surface area contributed by atoms with Crippen molar-refractivity contribution in [2.45, 2.75) is 71.2 Å². The van der Waals surface area contributed by atoms with E-state index in [9.17, 15) is 19.5 Å². The van der Waals surface area contributed by atoms with Crippen LogP contribution in [0.5, 0.6) is 0 Å². The third-order valence-corrected chi connectivity index (χ3v) is 3.42. The van der Waals surface area contributed by atoms with Gasteiger partial charge in [-0.15, -0.1) is 0 Å². The van der Waals surface area contributed by atoms with Gasteiger partial charge < -0.3 is 19.5 Å². The van der Waals surface area contributed by atoms with Crippen molar-refractivity contribution in [1.29, 1.82) is 0 Å². The van der Waals surface area contributed by atoms with E-state index < -0.39 is 41.4 Å². The zero-order chi connectivity index (χ0) is 18.9. The fourth-order valence-corrected chi connectivity index (χ4v) is 2.33. The van der Waals surface area contributed by atoms with Crippen LogP contribution in [0.15, 0.2) is 0 Å². The Morgan fingerprint density at radius 1 is 1.04 bits per heavy atom. The van der Waals surface area contributed by atoms with Gasteiger partial charge in [0, 0.05) is 20.0 Å². The van der Waals surface area contributed by atoms with Gasteiger partial charge in [0.1, 0.15) is 17.2 Å². The van der Waals surface area contributed by atoms with Gasteiger partial charge in [0.05, 0.1) is 6.04 Å². The molecule has 1 aliphatic rings. The maximum absolute atomic E-state index is 12.2. The summed E-state index contributed by atoms with van der Waals surface area (Å²) in [5, 5.41) is 9.37. The number of ether oxygens (including phenoxy) is 2. The molecule has 0 aromatic rings. The highest BCUT2D eigenvalue weighted by Crippen LogP contribution is 2.25. The summed E-state index contributed by atoms with van der Waals surface area (Å²) in [6.07, 6.45) is -1.12. The van der Waals surface area contributed by atoms with Crippen LogP contribution in [-0.4, -0.2) is 69.9 Å². The molecule has 1 heterocycles. The van der Waals surface area contributed by atoms with Crippen molar-refractivity contribution >= 4 is 18.2 Å². The fraction of sp³-hybridized carbons (Fsp3) is 0.812. The van der Waals surface area contributed by atoms with Crippen molar-refractivity contribution in [1.82, 2.24) is 9.80 Å². The minimum Gasteiger partial charge on any atom is -0.480 e. The molecule has 2 amide bonds. The topological polar surface area (TPSA) is 96.4 Å². The second-order valence-corrected chi connectivity index (χ2v) is 7.97. The van der Waals surface area contributed by atoms with Gasteiger partial charge in [0.25, 0.3) is 0 Å². The molecule has 0 aromatic heterocycles. The number of carbonyl (C=O) groups is 3. The second-order valence-electron chi connectivity index (χ2n) is 7.97. The van der Waals surface area contributed by atoms with Gasteiger partial charge >= 0.3 is 18.2 Å². The van der Waals surface area contributed by atoms with Crippen molar-refractivity contribution in [3.8, 4) is 0 Å². The number of likely N-dealkylation sites (tertiary alicyclic amines) is 1. The maximum Gasteiger partial charge on any atom is 0.411 e. The summed E-state index contributed by atoms with van der Waals surface area (Å²) in [7, 11) is 1.54. The van der Waals surface area contributed by atoms with Gasteiger partial charge in [-0.2, -0.15) is 0 Å². The molecule has 24 heavy (non-hydrogen) atoms. The first-order chi connectivity index (χ1) is 10.7. The van der Waals surface area contributed by atoms with E-state index in [0.717, 1.165) is 4.90 Å². The van der Waals surface area contributed by atoms with Crippen LogP contribution in [0.25, 0.3) is 0 Å². The number of rotatable bonds is 2. The van der Waals surface area contributed by atoms with Gasteiger partial charge in [0.15, 0.2) is 0 Å². The molecule has 1 saturated heterocycles. The minimum atomic E-state index is -1.12. The lowest BCUT2D eigenvalue weighted by Gasteiger charge is -2.29. The first-order valence-electron chi connectivity index (χ1n) is 7.89. The monoisotopic (exact) mass is 344 g/mol. The van der Waals surface area contributed by atoms with Crippen LogP contribution in [0, 0.1) is 0 Å². The predicted octanol–water partition coefficient (Wildman–Crippen LogP) is 2.32. The van der Waals surface area contributed by atoms with Crippen molar-refractivity contribution in [2.24, 2.45) is 0 Å². The molecule has 0 bridgehead atoms. The number of nitrogens with zero attached hydrogens (tertiary/aromatic N) is 2. The maximum atomic E-state index is 12.2. The molecule has 0 spiro atoms. The van der Waals surface area contributed by atoms with E-state index in [1.807, 2.05) is 0 Å². The van der Waals surface area contributed by atoms with Crippen LogP contribution in [-0.2, 0) is 14.3 Å². The summed E-state index contributed by atoms with van der Waals surface area (Å²) < 4.78 is 10.5. The third-order valence-electron chi connectivity index (χ3n) is 3.42. The average molecular weight is 344 g/mol. The number of carbonyl (C=O) groups excluding carboxylic acids is 2. The molecule has 138 valence electrons. The van der Waals surface area contributed by atoms with Gasteiger partial charge in [-0.1, -0.05) is 0 Å². The number of hydrogen-bond donors (Lipinski definition) is 1. The Balaban J connectivity index is 2.85. The molecule has 0 aliphatic carbocycles. The molecule has 2 atom stereocenters. The second kappa shape index (κ2) is 6.86. The van der Waals surface area contributed by atoms with Crippen LogP contribution in [0.1, 0.15) is 48.0 Å². The van der Waals surface area contributed by atoms with E-state index in [1.165, 1.54) is 11.9 Å². The summed E-state index contributed by atoms with van der Waals surface area (Å²) >= 11 is 0. The number of carboxylic acids is 1. The van der Waals surface area contributed by atoms with Crippen LogP contribution in [0.4, 0.5) is 9.59 Å². The first-order valence-corrected chi connectivity index (χ1v) is 7.89. The van der Waals surface area contributed by atoms with Crippen molar-refractivity contribution in [3.63, 3.8) is 0 Å². The van der Waals surface area contributed by atoms with Gasteiger partial charge in [0.2, 0.25) is 0 Å². The summed E-state index contributed by atoms with van der Waals surface area (Å²) in [5.74, 6) is -1.12. The quantitative estimate of drug-likeness (QED) is 0.826. The van der Waals surface area contributed by atoms with E-state index in [1.54, 1.807) is 41.5 Å². The van der Waals surface area contributed by atoms with Gasteiger partial charge in [-0.25, -0.2) is 14.4 Å². The number of hydrogen-bond acceptors (Lipinski definition) is 5. The van der Waals surface area contributed by atoms with E-state index in [-0.39, 0.29) is 13.0 Å². The molecule has 0 aromatic carbocycles. The molecular weight excluding hydrogens is 316 g/mol. The molecular formula is C16H28N2O6. The standard InChI is InChI=1S/C16H28N2O6/c1-15(2,3)23-13(21)17(7)10-8-11(12(19)20)18(9-10)14(22)24-16(4,5)6/h10-11H,8-9H2,1-7H3,(H,19,20). The molecule has 0 saturated carbocycles. The smallest absolute Gasteiger partial charge is 0.411 e. The van der Waals surface area contributed by atoms with Crippen LogP contribution in [0.2, 0.25) is 0 Å². The lowest BCUT2D eigenvalue weighted by Crippen LogP contribution is -2.45. The van der Waals surface area contributed by atoms with Gasteiger partial charge in [-0.3, -0.25) is 4.90 Å². The van der Waals surface area contributed by atoms with E-state index in [2.05, 4.69) is 0 Å². The van der Waals surface area contributed by atoms with E-state index in [0.29, 0.717) is 0 Å². The Morgan fingerprint density at radius 2 is 1.54 bits per heavy atom. The molecule has 2 unspecified atom stereocenters. The Kier molecular flexibility index (Phi) is 5.74. The normalized spacial score (nSPS) is 21.4. The van der Waals surface area contributed by atoms with Crippen molar-refractivity contribution < 1.29 is 29.0 Å². The van der Waals surface area contributed by atoms with E-state index >= 15 is 0 Å². The Bertz CT molecular complexity index is 506. The van der Waals surface area contributed by atoms with Gasteiger partial charge in [-0.05, 0) is 41.5 Å². The zero-order valence-electron chi connectivity index (χ0n) is 15.5. The third kappa shape index (κ3) is 5.58. The van der Waals surface area contributed by atoms with Crippen molar-refractivity contribution in [2.75, 3.05) is 13.6 Å². The van der Waals surface area contributed by atoms with Crippen LogP contribution < -0.4 is 0 Å². The molecule has 1 rings (SSSR count). The summed E-state index contributed by atoms with van der Waals surface area (Å²) in [4.78, 5) is 38.4. The predicted molar refractivity (Wildman–Crippen MR) is 86.8 cm³/mol. The highest BCUT2D eigenvalue weighted by Gasteiger charge is 2.44. The zero-order valence-corrected chi connectivity index (χ0v) is 15.5. The Hall–Kier alpha value is -1.99. The highest BCUT2D eigenvalue weighted by atomic mass is 16.6. The molecule has 1 fully saturated rings. The molecule has 0 radical (unpaired) electrons. The summed E-state index contributed by atoms with van der Waals surface area (Å²) in [6.45, 7) is 10.5.